The minimum atomic E-state index is -0.633. The van der Waals surface area contributed by atoms with Crippen LogP contribution in [0.2, 0.25) is 10.0 Å². The zero-order chi connectivity index (χ0) is 19.0. The Morgan fingerprint density at radius 2 is 1.19 bits per heavy atom. The summed E-state index contributed by atoms with van der Waals surface area (Å²) in [5.74, 6) is 1.38. The summed E-state index contributed by atoms with van der Waals surface area (Å²) in [6.45, 7) is 0.182. The van der Waals surface area contributed by atoms with Crippen LogP contribution in [0.15, 0.2) is 24.3 Å². The number of rotatable bonds is 6. The first-order chi connectivity index (χ1) is 13.1. The maximum absolute atomic E-state index is 9.17. The molecule has 0 saturated heterocycles. The van der Waals surface area contributed by atoms with Gasteiger partial charge in [0.15, 0.2) is 0 Å². The number of aryl methyl sites for hydroxylation is 2. The van der Waals surface area contributed by atoms with E-state index in [1.54, 1.807) is 12.1 Å². The second kappa shape index (κ2) is 7.86. The number of halogens is 2. The summed E-state index contributed by atoms with van der Waals surface area (Å²) in [6.07, 6.45) is 1.24. The van der Waals surface area contributed by atoms with Crippen molar-refractivity contribution >= 4 is 23.2 Å². The Bertz CT molecular complexity index is 785. The van der Waals surface area contributed by atoms with Gasteiger partial charge in [-0.3, -0.25) is 4.74 Å². The molecule has 0 aliphatic carbocycles. The molecule has 2 aliphatic rings. The van der Waals surface area contributed by atoms with Crippen molar-refractivity contribution in [2.45, 2.75) is 38.3 Å². The minimum absolute atomic E-state index is 0.0911. The van der Waals surface area contributed by atoms with E-state index in [9.17, 15) is 0 Å². The molecule has 7 heteroatoms. The minimum Gasteiger partial charge on any atom is -0.459 e. The average Bonchev–Trinajstić information content (AvgIpc) is 2.65. The molecule has 27 heavy (non-hydrogen) atoms. The number of benzene rings is 2. The van der Waals surface area contributed by atoms with E-state index < -0.39 is 12.6 Å². The van der Waals surface area contributed by atoms with Crippen molar-refractivity contribution in [3.8, 4) is 11.5 Å². The monoisotopic (exact) mass is 410 g/mol. The van der Waals surface area contributed by atoms with Crippen LogP contribution in [0.5, 0.6) is 11.5 Å². The van der Waals surface area contributed by atoms with Gasteiger partial charge < -0.3 is 19.7 Å². The Hall–Kier alpha value is -1.50. The molecule has 4 rings (SSSR count). The van der Waals surface area contributed by atoms with Crippen LogP contribution >= 0.6 is 23.2 Å². The Labute approximate surface area is 167 Å². The van der Waals surface area contributed by atoms with Crippen LogP contribution in [0, 0.1) is 0 Å². The number of fused-ring (bicyclic) bond motifs is 6. The third-order valence-corrected chi connectivity index (χ3v) is 5.17. The summed E-state index contributed by atoms with van der Waals surface area (Å²) >= 11 is 12.6. The molecular formula is C20H20Cl2O5. The van der Waals surface area contributed by atoms with Crippen molar-refractivity contribution in [3.63, 3.8) is 0 Å². The largest absolute Gasteiger partial charge is 0.459 e. The normalized spacial score (nSPS) is 19.7. The molecule has 2 bridgehead atoms. The lowest BCUT2D eigenvalue weighted by Crippen LogP contribution is -2.31. The highest BCUT2D eigenvalue weighted by atomic mass is 35.5. The van der Waals surface area contributed by atoms with Gasteiger partial charge in [-0.25, -0.2) is 0 Å². The van der Waals surface area contributed by atoms with E-state index in [0.717, 1.165) is 22.3 Å². The first-order valence-corrected chi connectivity index (χ1v) is 9.71. The fraction of sp³-hybridized carbons (Fsp3) is 0.400. The van der Waals surface area contributed by atoms with E-state index in [-0.39, 0.29) is 13.2 Å². The summed E-state index contributed by atoms with van der Waals surface area (Å²) < 4.78 is 18.3. The summed E-state index contributed by atoms with van der Waals surface area (Å²) in [5, 5.41) is 19.5. The topological polar surface area (TPSA) is 68.2 Å². The van der Waals surface area contributed by atoms with Gasteiger partial charge in [0.2, 0.25) is 12.6 Å². The lowest BCUT2D eigenvalue weighted by molar-refractivity contribution is -0.228. The predicted octanol–water partition coefficient (Wildman–Crippen LogP) is 4.34. The molecule has 2 N–H and O–H groups in total. The molecule has 0 saturated carbocycles. The highest BCUT2D eigenvalue weighted by Gasteiger charge is 2.40. The number of ether oxygens (including phenoxy) is 3. The van der Waals surface area contributed by atoms with E-state index in [2.05, 4.69) is 0 Å². The molecule has 2 aromatic rings. The Morgan fingerprint density at radius 3 is 1.59 bits per heavy atom. The molecule has 0 amide bonds. The third-order valence-electron chi connectivity index (χ3n) is 4.73. The van der Waals surface area contributed by atoms with Crippen LogP contribution in [-0.4, -0.2) is 23.4 Å². The second-order valence-electron chi connectivity index (χ2n) is 6.66. The molecule has 0 radical (unpaired) electrons. The number of hydrogen-bond donors (Lipinski definition) is 2. The quantitative estimate of drug-likeness (QED) is 0.740. The van der Waals surface area contributed by atoms with E-state index >= 15 is 0 Å². The number of hydrogen-bond acceptors (Lipinski definition) is 5. The lowest BCUT2D eigenvalue weighted by Gasteiger charge is -2.39. The molecule has 5 nitrogen and oxygen atoms in total. The van der Waals surface area contributed by atoms with Crippen molar-refractivity contribution in [2.75, 3.05) is 13.2 Å². The van der Waals surface area contributed by atoms with Crippen LogP contribution in [0.1, 0.15) is 47.7 Å². The Morgan fingerprint density at radius 1 is 0.741 bits per heavy atom. The smallest absolute Gasteiger partial charge is 0.234 e. The van der Waals surface area contributed by atoms with Crippen LogP contribution < -0.4 is 9.47 Å². The van der Waals surface area contributed by atoms with Crippen molar-refractivity contribution < 1.29 is 24.4 Å². The van der Waals surface area contributed by atoms with E-state index in [1.165, 1.54) is 0 Å². The number of aliphatic hydroxyl groups excluding tert-OH is 2. The van der Waals surface area contributed by atoms with Gasteiger partial charge in [0.05, 0.1) is 11.1 Å². The fourth-order valence-corrected chi connectivity index (χ4v) is 4.05. The van der Waals surface area contributed by atoms with Gasteiger partial charge in [0.25, 0.3) is 0 Å². The molecule has 2 aromatic carbocycles. The first kappa shape index (κ1) is 18.8. The maximum atomic E-state index is 9.17. The third kappa shape index (κ3) is 3.62. The molecular weight excluding hydrogens is 391 g/mol. The van der Waals surface area contributed by atoms with Crippen LogP contribution in [0.25, 0.3) is 0 Å². The Balaban J connectivity index is 1.75. The van der Waals surface area contributed by atoms with Crippen molar-refractivity contribution in [1.82, 2.24) is 0 Å². The molecule has 2 atom stereocenters. The average molecular weight is 411 g/mol. The van der Waals surface area contributed by atoms with Gasteiger partial charge in [0, 0.05) is 23.3 Å². The summed E-state index contributed by atoms with van der Waals surface area (Å²) in [6, 6.07) is 7.27. The molecule has 2 heterocycles. The molecule has 0 spiro atoms. The standard InChI is InChI=1S/C20H20Cl2O5/c21-13-7-11(3-1-5-23)17-15(9-13)19-26-18-12(4-2-6-24)8-14(22)10-16(18)20(25-17)27-19/h7-10,19-20,23-24H,1-6H2. The zero-order valence-corrected chi connectivity index (χ0v) is 16.1. The first-order valence-electron chi connectivity index (χ1n) is 8.96. The summed E-state index contributed by atoms with van der Waals surface area (Å²) in [5.41, 5.74) is 3.31. The SMILES string of the molecule is OCCCc1cc(Cl)cc2c1OC1OC2Oc2c(CCCO)cc(Cl)cc21. The van der Waals surface area contributed by atoms with Gasteiger partial charge in [-0.15, -0.1) is 0 Å². The molecule has 144 valence electrons. The summed E-state index contributed by atoms with van der Waals surface area (Å²) in [4.78, 5) is 0. The van der Waals surface area contributed by atoms with E-state index in [0.29, 0.717) is 47.2 Å². The molecule has 0 fully saturated rings. The highest BCUT2D eigenvalue weighted by Crippen LogP contribution is 2.51. The predicted molar refractivity (Wildman–Crippen MR) is 102 cm³/mol. The van der Waals surface area contributed by atoms with Gasteiger partial charge in [0.1, 0.15) is 11.5 Å². The van der Waals surface area contributed by atoms with E-state index in [4.69, 9.17) is 47.6 Å². The van der Waals surface area contributed by atoms with Gasteiger partial charge >= 0.3 is 0 Å². The van der Waals surface area contributed by atoms with Gasteiger partial charge in [-0.2, -0.15) is 0 Å². The number of aliphatic hydroxyl groups is 2. The van der Waals surface area contributed by atoms with Crippen LogP contribution in [-0.2, 0) is 17.6 Å². The second-order valence-corrected chi connectivity index (χ2v) is 7.53. The molecule has 2 unspecified atom stereocenters. The van der Waals surface area contributed by atoms with Crippen molar-refractivity contribution in [3.05, 3.63) is 56.6 Å². The maximum Gasteiger partial charge on any atom is 0.234 e. The van der Waals surface area contributed by atoms with Crippen molar-refractivity contribution in [1.29, 1.82) is 0 Å². The summed E-state index contributed by atoms with van der Waals surface area (Å²) in [7, 11) is 0. The fourth-order valence-electron chi connectivity index (χ4n) is 3.55. The Kier molecular flexibility index (Phi) is 5.48. The highest BCUT2D eigenvalue weighted by molar-refractivity contribution is 6.31. The van der Waals surface area contributed by atoms with Crippen LogP contribution in [0.4, 0.5) is 0 Å². The van der Waals surface area contributed by atoms with Gasteiger partial charge in [-0.1, -0.05) is 23.2 Å². The zero-order valence-electron chi connectivity index (χ0n) is 14.6. The van der Waals surface area contributed by atoms with E-state index in [1.807, 2.05) is 12.1 Å². The molecule has 0 aromatic heterocycles. The lowest BCUT2D eigenvalue weighted by atomic mass is 9.99. The molecule has 2 aliphatic heterocycles. The van der Waals surface area contributed by atoms with Crippen LogP contribution in [0.3, 0.4) is 0 Å². The van der Waals surface area contributed by atoms with Gasteiger partial charge in [-0.05, 0) is 61.1 Å². The van der Waals surface area contributed by atoms with Crippen molar-refractivity contribution in [2.24, 2.45) is 0 Å².